The lowest BCUT2D eigenvalue weighted by Crippen LogP contribution is -2.24. The lowest BCUT2D eigenvalue weighted by molar-refractivity contribution is 0.100. The van der Waals surface area contributed by atoms with Gasteiger partial charge in [-0.25, -0.2) is 8.42 Å². The third-order valence-corrected chi connectivity index (χ3v) is 5.08. The quantitative estimate of drug-likeness (QED) is 0.617. The first-order valence-corrected chi connectivity index (χ1v) is 10.1. The first-order valence-electron chi connectivity index (χ1n) is 8.21. The highest BCUT2D eigenvalue weighted by Crippen LogP contribution is 2.32. The Hall–Kier alpha value is -2.67. The molecule has 2 aromatic rings. The second-order valence-electron chi connectivity index (χ2n) is 6.24. The zero-order valence-corrected chi connectivity index (χ0v) is 15.9. The largest absolute Gasteiger partial charge is 0.370 e. The minimum absolute atomic E-state index is 0.0790. The number of aliphatic imine (C=N–C) groups is 1. The van der Waals surface area contributed by atoms with Crippen LogP contribution in [0.3, 0.4) is 0 Å². The van der Waals surface area contributed by atoms with Gasteiger partial charge in [-0.3, -0.25) is 4.79 Å². The SMILES string of the molecule is CCCc1cc(-c2ccc(C)cc2)c(S(C)(=O)=O)cc1C(=O)N=C(N)N. The Bertz CT molecular complexity index is 958. The highest BCUT2D eigenvalue weighted by Gasteiger charge is 2.21. The number of aryl methyl sites for hydroxylation is 2. The molecular formula is C19H23N3O3S. The predicted molar refractivity (Wildman–Crippen MR) is 104 cm³/mol. The third kappa shape index (κ3) is 4.49. The van der Waals surface area contributed by atoms with Crippen molar-refractivity contribution >= 4 is 21.7 Å². The third-order valence-electron chi connectivity index (χ3n) is 3.95. The molecule has 0 fully saturated rings. The fourth-order valence-electron chi connectivity index (χ4n) is 2.74. The second-order valence-corrected chi connectivity index (χ2v) is 8.22. The lowest BCUT2D eigenvalue weighted by atomic mass is 9.95. The number of hydrogen-bond donors (Lipinski definition) is 2. The maximum absolute atomic E-state index is 12.4. The average molecular weight is 373 g/mol. The molecule has 0 heterocycles. The number of rotatable bonds is 5. The summed E-state index contributed by atoms with van der Waals surface area (Å²) in [6.45, 7) is 3.94. The number of carbonyl (C=O) groups is 1. The first-order chi connectivity index (χ1) is 12.1. The van der Waals surface area contributed by atoms with Crippen molar-refractivity contribution in [3.8, 4) is 11.1 Å². The van der Waals surface area contributed by atoms with Crippen LogP contribution in [0.4, 0.5) is 0 Å². The summed E-state index contributed by atoms with van der Waals surface area (Å²) < 4.78 is 24.7. The molecule has 0 aliphatic rings. The monoisotopic (exact) mass is 373 g/mol. The van der Waals surface area contributed by atoms with Crippen molar-refractivity contribution in [3.05, 3.63) is 53.1 Å². The number of carbonyl (C=O) groups excluding carboxylic acids is 1. The van der Waals surface area contributed by atoms with E-state index in [1.807, 2.05) is 38.1 Å². The second kappa shape index (κ2) is 7.70. The Morgan fingerprint density at radius 3 is 2.23 bits per heavy atom. The van der Waals surface area contributed by atoms with Crippen LogP contribution in [0.1, 0.15) is 34.8 Å². The highest BCUT2D eigenvalue weighted by molar-refractivity contribution is 7.90. The Morgan fingerprint density at radius 1 is 1.12 bits per heavy atom. The summed E-state index contributed by atoms with van der Waals surface area (Å²) in [5.74, 6) is -1.00. The molecule has 0 radical (unpaired) electrons. The molecule has 0 bridgehead atoms. The predicted octanol–water partition coefficient (Wildman–Crippen LogP) is 2.43. The molecule has 1 amide bonds. The van der Waals surface area contributed by atoms with Crippen molar-refractivity contribution in [1.29, 1.82) is 0 Å². The number of nitrogens with zero attached hydrogens (tertiary/aromatic N) is 1. The van der Waals surface area contributed by atoms with Crippen LogP contribution in [0.2, 0.25) is 0 Å². The molecule has 2 aromatic carbocycles. The fraction of sp³-hybridized carbons (Fsp3) is 0.263. The molecule has 0 aromatic heterocycles. The van der Waals surface area contributed by atoms with E-state index in [9.17, 15) is 13.2 Å². The molecule has 0 atom stereocenters. The van der Waals surface area contributed by atoms with Crippen molar-refractivity contribution in [3.63, 3.8) is 0 Å². The summed E-state index contributed by atoms with van der Waals surface area (Å²) in [6.07, 6.45) is 2.51. The molecule has 0 saturated carbocycles. The van der Waals surface area contributed by atoms with Gasteiger partial charge < -0.3 is 11.5 Å². The van der Waals surface area contributed by atoms with E-state index in [4.69, 9.17) is 11.5 Å². The van der Waals surface area contributed by atoms with E-state index < -0.39 is 15.7 Å². The molecule has 7 heteroatoms. The molecule has 26 heavy (non-hydrogen) atoms. The molecule has 0 aliphatic carbocycles. The van der Waals surface area contributed by atoms with Crippen LogP contribution in [-0.2, 0) is 16.3 Å². The molecule has 4 N–H and O–H groups in total. The molecule has 0 aliphatic heterocycles. The van der Waals surface area contributed by atoms with Crippen LogP contribution < -0.4 is 11.5 Å². The molecule has 138 valence electrons. The number of nitrogens with two attached hydrogens (primary N) is 2. The molecule has 0 unspecified atom stereocenters. The van der Waals surface area contributed by atoms with E-state index in [-0.39, 0.29) is 16.4 Å². The summed E-state index contributed by atoms with van der Waals surface area (Å²) in [5.41, 5.74) is 13.9. The highest BCUT2D eigenvalue weighted by atomic mass is 32.2. The summed E-state index contributed by atoms with van der Waals surface area (Å²) >= 11 is 0. The van der Waals surface area contributed by atoms with Gasteiger partial charge in [-0.1, -0.05) is 43.2 Å². The zero-order chi connectivity index (χ0) is 19.5. The molecule has 0 spiro atoms. The Balaban J connectivity index is 2.79. The zero-order valence-electron chi connectivity index (χ0n) is 15.1. The van der Waals surface area contributed by atoms with Crippen LogP contribution >= 0.6 is 0 Å². The van der Waals surface area contributed by atoms with Gasteiger partial charge in [0.15, 0.2) is 15.8 Å². The van der Waals surface area contributed by atoms with E-state index in [1.54, 1.807) is 6.07 Å². The number of benzene rings is 2. The molecule has 6 nitrogen and oxygen atoms in total. The molecular weight excluding hydrogens is 350 g/mol. The Labute approximate surface area is 153 Å². The number of amides is 1. The van der Waals surface area contributed by atoms with Gasteiger partial charge in [0.25, 0.3) is 5.91 Å². The van der Waals surface area contributed by atoms with Gasteiger partial charge >= 0.3 is 0 Å². The van der Waals surface area contributed by atoms with Gasteiger partial charge in [-0.15, -0.1) is 0 Å². The fourth-order valence-corrected chi connectivity index (χ4v) is 3.65. The number of sulfone groups is 1. The van der Waals surface area contributed by atoms with E-state index in [2.05, 4.69) is 4.99 Å². The Kier molecular flexibility index (Phi) is 5.82. The number of hydrogen-bond acceptors (Lipinski definition) is 3. The van der Waals surface area contributed by atoms with Gasteiger partial charge in [-0.2, -0.15) is 4.99 Å². The summed E-state index contributed by atoms with van der Waals surface area (Å²) in [5, 5.41) is 0. The maximum atomic E-state index is 12.4. The van der Waals surface area contributed by atoms with Crippen LogP contribution in [0.15, 0.2) is 46.3 Å². The van der Waals surface area contributed by atoms with Crippen molar-refractivity contribution < 1.29 is 13.2 Å². The van der Waals surface area contributed by atoms with Crippen molar-refractivity contribution in [2.24, 2.45) is 16.5 Å². The first kappa shape index (κ1) is 19.7. The van der Waals surface area contributed by atoms with Crippen molar-refractivity contribution in [1.82, 2.24) is 0 Å². The van der Waals surface area contributed by atoms with E-state index in [1.165, 1.54) is 6.07 Å². The van der Waals surface area contributed by atoms with Crippen molar-refractivity contribution in [2.45, 2.75) is 31.6 Å². The molecule has 2 rings (SSSR count). The molecule has 0 saturated heterocycles. The maximum Gasteiger partial charge on any atom is 0.280 e. The minimum atomic E-state index is -3.57. The number of guanidine groups is 1. The van der Waals surface area contributed by atoms with Crippen LogP contribution in [0, 0.1) is 6.92 Å². The van der Waals surface area contributed by atoms with Gasteiger partial charge in [0.2, 0.25) is 0 Å². The van der Waals surface area contributed by atoms with Crippen molar-refractivity contribution in [2.75, 3.05) is 6.26 Å². The van der Waals surface area contributed by atoms with Crippen LogP contribution in [0.25, 0.3) is 11.1 Å². The standard InChI is InChI=1S/C19H23N3O3S/c1-4-5-14-10-15(13-8-6-12(2)7-9-13)17(26(3,24)25)11-16(14)18(23)22-19(20)21/h6-11H,4-5H2,1-3H3,(H4,20,21,22,23). The lowest BCUT2D eigenvalue weighted by Gasteiger charge is -2.14. The normalized spacial score (nSPS) is 11.2. The van der Waals surface area contributed by atoms with E-state index in [0.717, 1.165) is 23.8 Å². The van der Waals surface area contributed by atoms with Gasteiger partial charge in [0, 0.05) is 17.4 Å². The van der Waals surface area contributed by atoms with E-state index in [0.29, 0.717) is 17.5 Å². The Morgan fingerprint density at radius 2 is 1.73 bits per heavy atom. The average Bonchev–Trinajstić information content (AvgIpc) is 2.53. The topological polar surface area (TPSA) is 116 Å². The summed E-state index contributed by atoms with van der Waals surface area (Å²) in [6, 6.07) is 10.7. The summed E-state index contributed by atoms with van der Waals surface area (Å²) in [7, 11) is -3.57. The minimum Gasteiger partial charge on any atom is -0.370 e. The van der Waals surface area contributed by atoms with Gasteiger partial charge in [0.1, 0.15) is 0 Å². The van der Waals surface area contributed by atoms with E-state index >= 15 is 0 Å². The van der Waals surface area contributed by atoms with Gasteiger partial charge in [0.05, 0.1) is 4.90 Å². The van der Waals surface area contributed by atoms with Crippen LogP contribution in [-0.4, -0.2) is 26.5 Å². The van der Waals surface area contributed by atoms with Gasteiger partial charge in [-0.05, 0) is 36.6 Å². The smallest absolute Gasteiger partial charge is 0.280 e. The summed E-state index contributed by atoms with van der Waals surface area (Å²) in [4.78, 5) is 16.0. The van der Waals surface area contributed by atoms with Crippen LogP contribution in [0.5, 0.6) is 0 Å².